The molecule has 1 unspecified atom stereocenters. The fourth-order valence-electron chi connectivity index (χ4n) is 1.92. The molecule has 1 heterocycles. The molecule has 0 bridgehead atoms. The van der Waals surface area contributed by atoms with Gasteiger partial charge in [0.2, 0.25) is 0 Å². The third-order valence-electron chi connectivity index (χ3n) is 2.88. The second-order valence-corrected chi connectivity index (χ2v) is 4.91. The van der Waals surface area contributed by atoms with Crippen molar-refractivity contribution in [3.63, 3.8) is 0 Å². The normalized spacial score (nSPS) is 12.2. The van der Waals surface area contributed by atoms with Crippen molar-refractivity contribution in [2.75, 3.05) is 5.32 Å². The van der Waals surface area contributed by atoms with Gasteiger partial charge < -0.3 is 5.32 Å². The van der Waals surface area contributed by atoms with Gasteiger partial charge in [-0.25, -0.2) is 9.97 Å². The lowest BCUT2D eigenvalue weighted by Crippen LogP contribution is -2.09. The fourth-order valence-corrected chi connectivity index (χ4v) is 2.12. The standard InChI is InChI=1S/C15H18ClN3/c1-3-7-14-18-13(16)10-15(19-14)17-11(2)12-8-5-4-6-9-12/h4-6,8-11H,3,7H2,1-2H3,(H,17,18,19). The Labute approximate surface area is 119 Å². The van der Waals surface area contributed by atoms with Crippen molar-refractivity contribution < 1.29 is 0 Å². The third kappa shape index (κ3) is 3.93. The summed E-state index contributed by atoms with van der Waals surface area (Å²) in [7, 11) is 0. The first kappa shape index (κ1) is 13.8. The van der Waals surface area contributed by atoms with Crippen LogP contribution >= 0.6 is 11.6 Å². The van der Waals surface area contributed by atoms with Gasteiger partial charge in [-0.15, -0.1) is 0 Å². The van der Waals surface area contributed by atoms with Crippen LogP contribution in [0.25, 0.3) is 0 Å². The number of hydrogen-bond acceptors (Lipinski definition) is 3. The van der Waals surface area contributed by atoms with Crippen LogP contribution in [0.4, 0.5) is 5.82 Å². The molecule has 100 valence electrons. The Balaban J connectivity index is 2.14. The van der Waals surface area contributed by atoms with Crippen LogP contribution in [0.15, 0.2) is 36.4 Å². The minimum absolute atomic E-state index is 0.182. The van der Waals surface area contributed by atoms with Gasteiger partial charge in [-0.05, 0) is 18.9 Å². The Morgan fingerprint density at radius 1 is 1.21 bits per heavy atom. The second-order valence-electron chi connectivity index (χ2n) is 4.52. The highest BCUT2D eigenvalue weighted by Gasteiger charge is 2.08. The van der Waals surface area contributed by atoms with E-state index in [1.807, 2.05) is 18.2 Å². The number of rotatable bonds is 5. The average Bonchev–Trinajstić information content (AvgIpc) is 2.39. The lowest BCUT2D eigenvalue weighted by atomic mass is 10.1. The molecule has 0 amide bonds. The van der Waals surface area contributed by atoms with Crippen molar-refractivity contribution in [1.29, 1.82) is 0 Å². The van der Waals surface area contributed by atoms with Gasteiger partial charge in [-0.1, -0.05) is 48.9 Å². The molecule has 2 rings (SSSR count). The highest BCUT2D eigenvalue weighted by Crippen LogP contribution is 2.19. The van der Waals surface area contributed by atoms with Gasteiger partial charge in [0.15, 0.2) is 0 Å². The summed E-state index contributed by atoms with van der Waals surface area (Å²) in [4.78, 5) is 8.70. The molecular formula is C15H18ClN3. The lowest BCUT2D eigenvalue weighted by Gasteiger charge is -2.15. The summed E-state index contributed by atoms with van der Waals surface area (Å²) in [6, 6.07) is 12.2. The summed E-state index contributed by atoms with van der Waals surface area (Å²) in [6.45, 7) is 4.20. The first-order valence-electron chi connectivity index (χ1n) is 6.54. The van der Waals surface area contributed by atoms with E-state index in [0.717, 1.165) is 24.5 Å². The summed E-state index contributed by atoms with van der Waals surface area (Å²) >= 11 is 6.02. The predicted octanol–water partition coefficient (Wildman–Crippen LogP) is 4.26. The summed E-state index contributed by atoms with van der Waals surface area (Å²) in [5.41, 5.74) is 1.22. The summed E-state index contributed by atoms with van der Waals surface area (Å²) in [5, 5.41) is 3.85. The number of benzene rings is 1. The first-order valence-corrected chi connectivity index (χ1v) is 6.91. The van der Waals surface area contributed by atoms with Crippen molar-refractivity contribution >= 4 is 17.4 Å². The summed E-state index contributed by atoms with van der Waals surface area (Å²) in [6.07, 6.45) is 1.85. The molecule has 0 saturated carbocycles. The molecule has 19 heavy (non-hydrogen) atoms. The summed E-state index contributed by atoms with van der Waals surface area (Å²) < 4.78 is 0. The maximum atomic E-state index is 6.02. The number of nitrogens with zero attached hydrogens (tertiary/aromatic N) is 2. The van der Waals surface area contributed by atoms with E-state index < -0.39 is 0 Å². The number of aryl methyl sites for hydroxylation is 1. The van der Waals surface area contributed by atoms with Crippen LogP contribution in [-0.4, -0.2) is 9.97 Å². The van der Waals surface area contributed by atoms with E-state index in [-0.39, 0.29) is 6.04 Å². The monoisotopic (exact) mass is 275 g/mol. The second kappa shape index (κ2) is 6.53. The highest BCUT2D eigenvalue weighted by atomic mass is 35.5. The Bertz CT molecular complexity index is 528. The Hall–Kier alpha value is -1.61. The molecule has 1 aromatic carbocycles. The first-order chi connectivity index (χ1) is 9.19. The van der Waals surface area contributed by atoms with E-state index in [0.29, 0.717) is 5.15 Å². The van der Waals surface area contributed by atoms with Gasteiger partial charge in [-0.3, -0.25) is 0 Å². The molecule has 4 heteroatoms. The maximum absolute atomic E-state index is 6.02. The van der Waals surface area contributed by atoms with Crippen LogP contribution in [0, 0.1) is 0 Å². The van der Waals surface area contributed by atoms with Crippen LogP contribution in [0.3, 0.4) is 0 Å². The quantitative estimate of drug-likeness (QED) is 0.829. The molecular weight excluding hydrogens is 258 g/mol. The van der Waals surface area contributed by atoms with Gasteiger partial charge in [0.1, 0.15) is 16.8 Å². The van der Waals surface area contributed by atoms with Gasteiger partial charge in [-0.2, -0.15) is 0 Å². The van der Waals surface area contributed by atoms with Crippen LogP contribution in [0.5, 0.6) is 0 Å². The van der Waals surface area contributed by atoms with Crippen molar-refractivity contribution in [3.8, 4) is 0 Å². The highest BCUT2D eigenvalue weighted by molar-refractivity contribution is 6.29. The lowest BCUT2D eigenvalue weighted by molar-refractivity contribution is 0.819. The molecule has 0 aliphatic carbocycles. The fraction of sp³-hybridized carbons (Fsp3) is 0.333. The van der Waals surface area contributed by atoms with Gasteiger partial charge in [0.05, 0.1) is 0 Å². The SMILES string of the molecule is CCCc1nc(Cl)cc(NC(C)c2ccccc2)n1. The molecule has 0 fully saturated rings. The third-order valence-corrected chi connectivity index (χ3v) is 3.07. The molecule has 0 aliphatic rings. The van der Waals surface area contributed by atoms with E-state index in [4.69, 9.17) is 11.6 Å². The zero-order valence-electron chi connectivity index (χ0n) is 11.2. The van der Waals surface area contributed by atoms with E-state index in [2.05, 4.69) is 41.3 Å². The average molecular weight is 276 g/mol. The molecule has 0 radical (unpaired) electrons. The Morgan fingerprint density at radius 2 is 1.95 bits per heavy atom. The number of anilines is 1. The molecule has 0 spiro atoms. The van der Waals surface area contributed by atoms with Crippen molar-refractivity contribution in [1.82, 2.24) is 9.97 Å². The van der Waals surface area contributed by atoms with E-state index in [1.54, 1.807) is 6.07 Å². The zero-order valence-corrected chi connectivity index (χ0v) is 12.0. The number of halogens is 1. The largest absolute Gasteiger partial charge is 0.363 e. The molecule has 1 atom stereocenters. The summed E-state index contributed by atoms with van der Waals surface area (Å²) in [5.74, 6) is 1.57. The van der Waals surface area contributed by atoms with Crippen LogP contribution in [0.1, 0.15) is 37.7 Å². The number of hydrogen-bond donors (Lipinski definition) is 1. The predicted molar refractivity (Wildman–Crippen MR) is 79.5 cm³/mol. The Kier molecular flexibility index (Phi) is 4.74. The van der Waals surface area contributed by atoms with Crippen LogP contribution in [-0.2, 0) is 6.42 Å². The van der Waals surface area contributed by atoms with E-state index in [9.17, 15) is 0 Å². The van der Waals surface area contributed by atoms with E-state index >= 15 is 0 Å². The zero-order chi connectivity index (χ0) is 13.7. The minimum atomic E-state index is 0.182. The van der Waals surface area contributed by atoms with Gasteiger partial charge in [0, 0.05) is 18.5 Å². The van der Waals surface area contributed by atoms with Crippen molar-refractivity contribution in [2.24, 2.45) is 0 Å². The molecule has 2 aromatic rings. The molecule has 3 nitrogen and oxygen atoms in total. The van der Waals surface area contributed by atoms with Crippen molar-refractivity contribution in [3.05, 3.63) is 52.9 Å². The van der Waals surface area contributed by atoms with Gasteiger partial charge in [0.25, 0.3) is 0 Å². The smallest absolute Gasteiger partial charge is 0.134 e. The molecule has 0 aliphatic heterocycles. The number of aromatic nitrogens is 2. The van der Waals surface area contributed by atoms with Crippen LogP contribution < -0.4 is 5.32 Å². The molecule has 0 saturated heterocycles. The topological polar surface area (TPSA) is 37.8 Å². The Morgan fingerprint density at radius 3 is 2.63 bits per heavy atom. The number of nitrogens with one attached hydrogen (secondary N) is 1. The van der Waals surface area contributed by atoms with Gasteiger partial charge >= 0.3 is 0 Å². The molecule has 1 N–H and O–H groups in total. The van der Waals surface area contributed by atoms with E-state index in [1.165, 1.54) is 5.56 Å². The van der Waals surface area contributed by atoms with Crippen LogP contribution in [0.2, 0.25) is 5.15 Å². The minimum Gasteiger partial charge on any atom is -0.363 e. The molecule has 1 aromatic heterocycles. The van der Waals surface area contributed by atoms with Crippen molar-refractivity contribution in [2.45, 2.75) is 32.7 Å². The maximum Gasteiger partial charge on any atom is 0.134 e.